The Bertz CT molecular complexity index is 589. The van der Waals surface area contributed by atoms with Gasteiger partial charge in [-0.25, -0.2) is 0 Å². The lowest BCUT2D eigenvalue weighted by molar-refractivity contribution is -0.765. The third-order valence-electron chi connectivity index (χ3n) is 3.53. The minimum absolute atomic E-state index is 0.0494. The van der Waals surface area contributed by atoms with Crippen LogP contribution in [0.4, 0.5) is 0 Å². The van der Waals surface area contributed by atoms with E-state index in [-0.39, 0.29) is 12.2 Å². The van der Waals surface area contributed by atoms with Gasteiger partial charge in [0.1, 0.15) is 9.85 Å². The van der Waals surface area contributed by atoms with Crippen molar-refractivity contribution in [1.29, 1.82) is 0 Å². The fourth-order valence-corrected chi connectivity index (χ4v) is 2.22. The van der Waals surface area contributed by atoms with E-state index in [1.165, 1.54) is 6.08 Å². The Morgan fingerprint density at radius 1 is 1.10 bits per heavy atom. The summed E-state index contributed by atoms with van der Waals surface area (Å²) >= 11 is 0. The summed E-state index contributed by atoms with van der Waals surface area (Å²) in [5.74, 6) is -1.71. The van der Waals surface area contributed by atoms with Crippen LogP contribution in [0, 0.1) is 26.1 Å². The Morgan fingerprint density at radius 2 is 1.62 bits per heavy atom. The molecule has 0 bridgehead atoms. The van der Waals surface area contributed by atoms with Gasteiger partial charge >= 0.3 is 5.66 Å². The third kappa shape index (κ3) is 2.27. The smallest absolute Gasteiger partial charge is 0.497 e. The first-order valence-electron chi connectivity index (χ1n) is 5.93. The van der Waals surface area contributed by atoms with E-state index in [9.17, 15) is 35.5 Å². The molecule has 1 unspecified atom stereocenters. The van der Waals surface area contributed by atoms with Crippen LogP contribution in [-0.2, 0) is 0 Å². The fourth-order valence-electron chi connectivity index (χ4n) is 2.22. The van der Waals surface area contributed by atoms with Crippen LogP contribution in [0.2, 0.25) is 0 Å². The summed E-state index contributed by atoms with van der Waals surface area (Å²) in [6, 6.07) is 0. The molecule has 0 fully saturated rings. The summed E-state index contributed by atoms with van der Waals surface area (Å²) in [7, 11) is 0. The zero-order valence-corrected chi connectivity index (χ0v) is 10.6. The highest BCUT2D eigenvalue weighted by molar-refractivity contribution is 5.33. The first-order chi connectivity index (χ1) is 9.71. The molecule has 0 saturated heterocycles. The zero-order valence-electron chi connectivity index (χ0n) is 10.6. The molecule has 2 rings (SSSR count). The minimum atomic E-state index is -2.55. The molecule has 0 heterocycles. The Kier molecular flexibility index (Phi) is 3.30. The van der Waals surface area contributed by atoms with E-state index in [2.05, 4.69) is 0 Å². The molecule has 9 heteroatoms. The zero-order chi connectivity index (χ0) is 15.8. The van der Waals surface area contributed by atoms with E-state index in [1.54, 1.807) is 0 Å². The Hall–Kier alpha value is -2.68. The van der Waals surface area contributed by atoms with Gasteiger partial charge in [0.25, 0.3) is 0 Å². The minimum Gasteiger partial charge on any atom is -0.504 e. The second-order valence-electron chi connectivity index (χ2n) is 4.86. The van der Waals surface area contributed by atoms with E-state index in [0.29, 0.717) is 0 Å². The number of aliphatic hydroxyl groups excluding tert-OH is 2. The summed E-state index contributed by atoms with van der Waals surface area (Å²) in [6.45, 7) is 0. The largest absolute Gasteiger partial charge is 0.504 e. The topological polar surface area (TPSA) is 147 Å². The predicted octanol–water partition coefficient (Wildman–Crippen LogP) is 0.997. The van der Waals surface area contributed by atoms with Crippen molar-refractivity contribution < 1.29 is 25.2 Å². The maximum Gasteiger partial charge on any atom is 0.497 e. The second kappa shape index (κ2) is 4.70. The van der Waals surface area contributed by atoms with Gasteiger partial charge in [0.05, 0.1) is 17.8 Å². The summed E-state index contributed by atoms with van der Waals surface area (Å²) < 4.78 is 0. The number of nitrogens with zero attached hydrogens (tertiary/aromatic N) is 2. The van der Waals surface area contributed by atoms with Crippen molar-refractivity contribution >= 4 is 0 Å². The second-order valence-corrected chi connectivity index (χ2v) is 4.86. The van der Waals surface area contributed by atoms with Gasteiger partial charge in [0, 0.05) is 12.3 Å². The van der Waals surface area contributed by atoms with Crippen molar-refractivity contribution in [3.63, 3.8) is 0 Å². The molecule has 112 valence electrons. The van der Waals surface area contributed by atoms with Crippen molar-refractivity contribution in [3.8, 4) is 0 Å². The third-order valence-corrected chi connectivity index (χ3v) is 3.53. The van der Waals surface area contributed by atoms with Crippen molar-refractivity contribution in [3.05, 3.63) is 68.2 Å². The molecule has 0 aromatic heterocycles. The molecule has 0 amide bonds. The van der Waals surface area contributed by atoms with Gasteiger partial charge in [-0.1, -0.05) is 12.2 Å². The van der Waals surface area contributed by atoms with E-state index in [1.807, 2.05) is 0 Å². The highest BCUT2D eigenvalue weighted by atomic mass is 16.7. The van der Waals surface area contributed by atoms with Crippen molar-refractivity contribution in [1.82, 2.24) is 0 Å². The molecule has 0 aliphatic heterocycles. The molecule has 0 aromatic rings. The number of aliphatic hydroxyl groups is 3. The quantitative estimate of drug-likeness (QED) is 0.304. The Morgan fingerprint density at radius 3 is 2.05 bits per heavy atom. The molecule has 2 aliphatic rings. The Labute approximate surface area is 118 Å². The lowest BCUT2D eigenvalue weighted by Crippen LogP contribution is -2.45. The van der Waals surface area contributed by atoms with Crippen molar-refractivity contribution in [2.75, 3.05) is 0 Å². The van der Waals surface area contributed by atoms with Crippen molar-refractivity contribution in [2.24, 2.45) is 5.92 Å². The van der Waals surface area contributed by atoms with Crippen LogP contribution in [0.1, 0.15) is 6.42 Å². The first-order valence-corrected chi connectivity index (χ1v) is 5.93. The summed E-state index contributed by atoms with van der Waals surface area (Å²) in [6.07, 6.45) is 6.02. The highest BCUT2D eigenvalue weighted by Gasteiger charge is 2.53. The van der Waals surface area contributed by atoms with E-state index < -0.39 is 32.8 Å². The maximum absolute atomic E-state index is 10.9. The summed E-state index contributed by atoms with van der Waals surface area (Å²) in [4.78, 5) is 19.7. The first kappa shape index (κ1) is 14.7. The molecule has 2 aliphatic carbocycles. The molecule has 0 saturated carbocycles. The molecular formula is C12H12N2O7. The van der Waals surface area contributed by atoms with Crippen LogP contribution in [0.3, 0.4) is 0 Å². The molecule has 0 radical (unpaired) electrons. The van der Waals surface area contributed by atoms with Gasteiger partial charge in [-0.05, 0) is 12.2 Å². The van der Waals surface area contributed by atoms with Gasteiger partial charge in [-0.3, -0.25) is 20.2 Å². The lowest BCUT2D eigenvalue weighted by atomic mass is 9.78. The molecule has 21 heavy (non-hydrogen) atoms. The van der Waals surface area contributed by atoms with Crippen molar-refractivity contribution in [2.45, 2.75) is 17.7 Å². The molecule has 9 nitrogen and oxygen atoms in total. The standard InChI is InChI=1S/C12H12N2O7/c15-9-3-4-11(17,7-10(9)16)8-1-5-12(6-2-8,13(18)19)14(20)21/h1-3,5-8,15-17H,4H2. The summed E-state index contributed by atoms with van der Waals surface area (Å²) in [5.41, 5.74) is -4.17. The molecule has 1 atom stereocenters. The van der Waals surface area contributed by atoms with Crippen LogP contribution >= 0.6 is 0 Å². The van der Waals surface area contributed by atoms with Crippen LogP contribution in [-0.4, -0.2) is 36.4 Å². The van der Waals surface area contributed by atoms with Crippen LogP contribution in [0.25, 0.3) is 0 Å². The molecule has 0 aromatic carbocycles. The molecule has 0 spiro atoms. The van der Waals surface area contributed by atoms with Gasteiger partial charge in [0.2, 0.25) is 0 Å². The van der Waals surface area contributed by atoms with Gasteiger partial charge < -0.3 is 15.3 Å². The van der Waals surface area contributed by atoms with E-state index in [4.69, 9.17) is 0 Å². The maximum atomic E-state index is 10.9. The van der Waals surface area contributed by atoms with Gasteiger partial charge in [-0.15, -0.1) is 0 Å². The van der Waals surface area contributed by atoms with E-state index in [0.717, 1.165) is 30.4 Å². The van der Waals surface area contributed by atoms with Gasteiger partial charge in [0.15, 0.2) is 11.5 Å². The highest BCUT2D eigenvalue weighted by Crippen LogP contribution is 2.35. The van der Waals surface area contributed by atoms with Crippen LogP contribution in [0.5, 0.6) is 0 Å². The molecule has 3 N–H and O–H groups in total. The van der Waals surface area contributed by atoms with Crippen LogP contribution < -0.4 is 0 Å². The fraction of sp³-hybridized carbons (Fsp3) is 0.333. The average Bonchev–Trinajstić information content (AvgIpc) is 2.43. The SMILES string of the molecule is O=[N+]([O-])C1([N+](=O)[O-])C=CC(C2(O)C=C(O)C(O)=CC2)C=C1. The van der Waals surface area contributed by atoms with E-state index >= 15 is 0 Å². The van der Waals surface area contributed by atoms with Crippen LogP contribution in [0.15, 0.2) is 48.0 Å². The number of rotatable bonds is 3. The lowest BCUT2D eigenvalue weighted by Gasteiger charge is -2.32. The predicted molar refractivity (Wildman–Crippen MR) is 69.5 cm³/mol. The normalized spacial score (nSPS) is 27.9. The number of hydrogen-bond acceptors (Lipinski definition) is 7. The Balaban J connectivity index is 2.31. The average molecular weight is 296 g/mol. The number of hydrogen-bond donors (Lipinski definition) is 3. The molecular weight excluding hydrogens is 284 g/mol. The summed E-state index contributed by atoms with van der Waals surface area (Å²) in [5, 5.41) is 50.9. The monoisotopic (exact) mass is 296 g/mol. The number of nitro groups is 2. The van der Waals surface area contributed by atoms with Gasteiger partial charge in [-0.2, -0.15) is 0 Å².